The van der Waals surface area contributed by atoms with E-state index < -0.39 is 11.7 Å². The van der Waals surface area contributed by atoms with Crippen LogP contribution in [0.1, 0.15) is 29.9 Å². The van der Waals surface area contributed by atoms with Gasteiger partial charge in [0.15, 0.2) is 11.5 Å². The number of halogens is 1. The van der Waals surface area contributed by atoms with Crippen molar-refractivity contribution in [2.24, 2.45) is 0 Å². The zero-order chi connectivity index (χ0) is 23.8. The molecule has 0 aliphatic carbocycles. The Bertz CT molecular complexity index is 1360. The highest BCUT2D eigenvalue weighted by Crippen LogP contribution is 2.29. The van der Waals surface area contributed by atoms with Crippen molar-refractivity contribution in [3.63, 3.8) is 0 Å². The summed E-state index contributed by atoms with van der Waals surface area (Å²) in [7, 11) is 1.55. The second kappa shape index (κ2) is 8.96. The molecular formula is C24H26FN7O2. The summed E-state index contributed by atoms with van der Waals surface area (Å²) in [4.78, 5) is 28.7. The Labute approximate surface area is 196 Å². The lowest BCUT2D eigenvalue weighted by Gasteiger charge is -2.38. The van der Waals surface area contributed by atoms with Gasteiger partial charge in [0.25, 0.3) is 5.91 Å². The van der Waals surface area contributed by atoms with E-state index in [4.69, 9.17) is 4.74 Å². The van der Waals surface area contributed by atoms with Crippen LogP contribution in [-0.2, 0) is 11.3 Å². The highest BCUT2D eigenvalue weighted by atomic mass is 19.1. The number of ether oxygens (including phenoxy) is 1. The smallest absolute Gasteiger partial charge is 0.257 e. The quantitative estimate of drug-likeness (QED) is 0.470. The predicted octanol–water partition coefficient (Wildman–Crippen LogP) is 3.00. The first-order valence-corrected chi connectivity index (χ1v) is 11.1. The maximum atomic E-state index is 14.6. The Kier molecular flexibility index (Phi) is 5.84. The van der Waals surface area contributed by atoms with Crippen molar-refractivity contribution in [2.45, 2.75) is 32.5 Å². The van der Waals surface area contributed by atoms with E-state index in [-0.39, 0.29) is 12.3 Å². The van der Waals surface area contributed by atoms with E-state index in [1.165, 1.54) is 10.5 Å². The minimum atomic E-state index is -0.540. The fraction of sp³-hybridized carbons (Fsp3) is 0.333. The lowest BCUT2D eigenvalue weighted by Crippen LogP contribution is -2.54. The molecule has 34 heavy (non-hydrogen) atoms. The lowest BCUT2D eigenvalue weighted by atomic mass is 10.1. The number of carbonyl (C=O) groups excluding carboxylic acids is 1. The maximum absolute atomic E-state index is 14.6. The van der Waals surface area contributed by atoms with Gasteiger partial charge in [-0.25, -0.2) is 9.37 Å². The molecule has 1 saturated heterocycles. The molecule has 1 amide bonds. The molecule has 0 saturated carbocycles. The normalized spacial score (nSPS) is 18.5. The topological polar surface area (TPSA) is 96.7 Å². The van der Waals surface area contributed by atoms with Gasteiger partial charge in [-0.3, -0.25) is 14.8 Å². The number of amides is 1. The van der Waals surface area contributed by atoms with Gasteiger partial charge >= 0.3 is 0 Å². The second-order valence-electron chi connectivity index (χ2n) is 8.69. The number of piperazine rings is 1. The summed E-state index contributed by atoms with van der Waals surface area (Å²) >= 11 is 0. The molecule has 2 N–H and O–H groups in total. The molecule has 1 aliphatic rings. The number of nitrogens with zero attached hydrogens (tertiary/aromatic N) is 5. The van der Waals surface area contributed by atoms with Gasteiger partial charge in [0.2, 0.25) is 0 Å². The Morgan fingerprint density at radius 3 is 2.65 bits per heavy atom. The lowest BCUT2D eigenvalue weighted by molar-refractivity contribution is 0.102. The number of pyridine rings is 1. The zero-order valence-electron chi connectivity index (χ0n) is 19.2. The van der Waals surface area contributed by atoms with Crippen molar-refractivity contribution in [3.8, 4) is 0 Å². The number of benzene rings is 1. The van der Waals surface area contributed by atoms with Crippen LogP contribution in [0.5, 0.6) is 0 Å². The van der Waals surface area contributed by atoms with E-state index in [0.29, 0.717) is 40.1 Å². The van der Waals surface area contributed by atoms with Gasteiger partial charge in [0.1, 0.15) is 11.0 Å². The van der Waals surface area contributed by atoms with Crippen molar-refractivity contribution in [1.29, 1.82) is 0 Å². The Morgan fingerprint density at radius 2 is 1.91 bits per heavy atom. The highest BCUT2D eigenvalue weighted by molar-refractivity contribution is 6.13. The third-order valence-corrected chi connectivity index (χ3v) is 5.85. The first-order chi connectivity index (χ1) is 16.4. The van der Waals surface area contributed by atoms with Crippen molar-refractivity contribution in [3.05, 3.63) is 60.1 Å². The van der Waals surface area contributed by atoms with Crippen LogP contribution in [0.2, 0.25) is 0 Å². The van der Waals surface area contributed by atoms with Gasteiger partial charge in [0.05, 0.1) is 29.2 Å². The van der Waals surface area contributed by atoms with E-state index in [9.17, 15) is 9.18 Å². The third kappa shape index (κ3) is 4.17. The molecule has 1 aliphatic heterocycles. The van der Waals surface area contributed by atoms with Crippen molar-refractivity contribution < 1.29 is 13.9 Å². The molecule has 2 atom stereocenters. The number of rotatable bonds is 5. The van der Waals surface area contributed by atoms with E-state index in [0.717, 1.165) is 18.8 Å². The molecule has 5 rings (SSSR count). The molecule has 4 aromatic rings. The summed E-state index contributed by atoms with van der Waals surface area (Å²) in [6, 6.07) is 5.57. The number of hydrogen-bond donors (Lipinski definition) is 2. The summed E-state index contributed by atoms with van der Waals surface area (Å²) < 4.78 is 21.2. The first kappa shape index (κ1) is 22.2. The Hall–Kier alpha value is -3.63. The number of hydrogen-bond acceptors (Lipinski definition) is 7. The van der Waals surface area contributed by atoms with Gasteiger partial charge < -0.3 is 24.7 Å². The fourth-order valence-corrected chi connectivity index (χ4v) is 4.60. The average Bonchev–Trinajstić information content (AvgIpc) is 3.21. The number of anilines is 2. The summed E-state index contributed by atoms with van der Waals surface area (Å²) in [6.45, 7) is 6.22. The largest absolute Gasteiger partial charge is 0.378 e. The van der Waals surface area contributed by atoms with Crippen LogP contribution in [-0.4, -0.2) is 57.5 Å². The molecule has 9 nitrogen and oxygen atoms in total. The maximum Gasteiger partial charge on any atom is 0.257 e. The molecule has 2 unspecified atom stereocenters. The molecular weight excluding hydrogens is 437 g/mol. The fourth-order valence-electron chi connectivity index (χ4n) is 4.60. The van der Waals surface area contributed by atoms with E-state index in [2.05, 4.69) is 44.3 Å². The zero-order valence-corrected chi connectivity index (χ0v) is 19.2. The average molecular weight is 464 g/mol. The number of imidazole rings is 1. The van der Waals surface area contributed by atoms with Crippen LogP contribution < -0.4 is 15.5 Å². The van der Waals surface area contributed by atoms with Crippen LogP contribution in [0.3, 0.4) is 0 Å². The molecule has 10 heteroatoms. The van der Waals surface area contributed by atoms with Crippen molar-refractivity contribution >= 4 is 34.0 Å². The summed E-state index contributed by atoms with van der Waals surface area (Å²) in [6.07, 6.45) is 6.49. The molecule has 4 heterocycles. The van der Waals surface area contributed by atoms with Gasteiger partial charge in [-0.2, -0.15) is 0 Å². The van der Waals surface area contributed by atoms with Crippen molar-refractivity contribution in [1.82, 2.24) is 24.7 Å². The number of methoxy groups -OCH3 is 1. The Morgan fingerprint density at radius 1 is 1.18 bits per heavy atom. The van der Waals surface area contributed by atoms with E-state index >= 15 is 0 Å². The first-order valence-electron chi connectivity index (χ1n) is 11.1. The number of fused-ring (bicyclic) bond motifs is 2. The van der Waals surface area contributed by atoms with E-state index in [1.54, 1.807) is 38.0 Å². The second-order valence-corrected chi connectivity index (χ2v) is 8.69. The summed E-state index contributed by atoms with van der Waals surface area (Å²) in [5, 5.41) is 6.31. The molecule has 0 spiro atoms. The van der Waals surface area contributed by atoms with E-state index in [1.807, 2.05) is 6.07 Å². The van der Waals surface area contributed by atoms with Crippen LogP contribution in [0.15, 0.2) is 43.0 Å². The monoisotopic (exact) mass is 463 g/mol. The number of nitrogens with one attached hydrogen (secondary N) is 2. The minimum absolute atomic E-state index is 0.171. The number of aromatic nitrogens is 4. The molecule has 176 valence electrons. The minimum Gasteiger partial charge on any atom is -0.378 e. The molecule has 1 aromatic carbocycles. The van der Waals surface area contributed by atoms with Crippen LogP contribution >= 0.6 is 0 Å². The predicted molar refractivity (Wildman–Crippen MR) is 128 cm³/mol. The molecule has 0 radical (unpaired) electrons. The Balaban J connectivity index is 1.47. The molecule has 0 bridgehead atoms. The van der Waals surface area contributed by atoms with Gasteiger partial charge in [-0.15, -0.1) is 0 Å². The highest BCUT2D eigenvalue weighted by Gasteiger charge is 2.24. The standard InChI is InChI=1S/C24H26FN7O2/c1-14-9-31(10-15(2)28-14)20-5-4-18(21-22(20)27-7-6-26-21)24(33)30-16-8-19(25)23-29-17(13-34-3)12-32(23)11-16/h4-8,11-12,14-15,28H,9-10,13H2,1-3H3,(H,30,33). The molecule has 1 fully saturated rings. The van der Waals surface area contributed by atoms with Crippen LogP contribution in [0.25, 0.3) is 16.7 Å². The number of carbonyl (C=O) groups is 1. The van der Waals surface area contributed by atoms with Crippen LogP contribution in [0, 0.1) is 5.82 Å². The molecule has 3 aromatic heterocycles. The van der Waals surface area contributed by atoms with Gasteiger partial charge in [-0.1, -0.05) is 0 Å². The van der Waals surface area contributed by atoms with Gasteiger partial charge in [0, 0.05) is 63.1 Å². The van der Waals surface area contributed by atoms with Crippen molar-refractivity contribution in [2.75, 3.05) is 30.4 Å². The summed E-state index contributed by atoms with van der Waals surface area (Å²) in [5.74, 6) is -0.933. The van der Waals surface area contributed by atoms with Crippen LogP contribution in [0.4, 0.5) is 15.8 Å². The SMILES string of the molecule is COCc1cn2cc(NC(=O)c3ccc(N4CC(C)NC(C)C4)c4nccnc34)cc(F)c2n1. The third-order valence-electron chi connectivity index (χ3n) is 5.85. The van der Waals surface area contributed by atoms with Gasteiger partial charge in [-0.05, 0) is 26.0 Å². The summed E-state index contributed by atoms with van der Waals surface area (Å²) in [5.41, 5.74) is 3.55.